The van der Waals surface area contributed by atoms with Crippen LogP contribution in [0.5, 0.6) is 0 Å². The molecule has 0 amide bonds. The molecular weight excluding hydrogens is 198 g/mol. The van der Waals surface area contributed by atoms with Gasteiger partial charge in [-0.25, -0.2) is 0 Å². The smallest absolute Gasteiger partial charge is 0.176 e. The lowest BCUT2D eigenvalue weighted by molar-refractivity contribution is 0.101. The number of fused-ring (bicyclic) bond motifs is 1. The average Bonchev–Trinajstić information content (AvgIpc) is 2.56. The summed E-state index contributed by atoms with van der Waals surface area (Å²) >= 11 is 0. The van der Waals surface area contributed by atoms with E-state index in [0.29, 0.717) is 5.92 Å². The van der Waals surface area contributed by atoms with E-state index < -0.39 is 0 Å². The van der Waals surface area contributed by atoms with Crippen molar-refractivity contribution >= 4 is 16.7 Å². The van der Waals surface area contributed by atoms with E-state index in [-0.39, 0.29) is 5.78 Å². The number of Topliss-reactive ketones (excluding diaryl/α,β-unsaturated/α-hetero) is 1. The SMILES string of the molecule is CC(=O)c1cc2ccc(C(C)C)cc2n1C. The molecule has 84 valence electrons. The molecule has 0 unspecified atom stereocenters. The summed E-state index contributed by atoms with van der Waals surface area (Å²) in [5.41, 5.74) is 3.22. The molecule has 1 aromatic heterocycles. The van der Waals surface area contributed by atoms with Crippen LogP contribution in [0.15, 0.2) is 24.3 Å². The Morgan fingerprint density at radius 1 is 1.25 bits per heavy atom. The van der Waals surface area contributed by atoms with Crippen molar-refractivity contribution in [2.75, 3.05) is 0 Å². The maximum atomic E-state index is 11.4. The summed E-state index contributed by atoms with van der Waals surface area (Å²) in [5.74, 6) is 0.630. The van der Waals surface area contributed by atoms with Crippen molar-refractivity contribution < 1.29 is 4.79 Å². The fourth-order valence-corrected chi connectivity index (χ4v) is 2.04. The van der Waals surface area contributed by atoms with Crippen molar-refractivity contribution in [2.24, 2.45) is 7.05 Å². The van der Waals surface area contributed by atoms with Crippen molar-refractivity contribution in [3.8, 4) is 0 Å². The standard InChI is InChI=1S/C14H17NO/c1-9(2)11-5-6-12-8-13(10(3)16)15(4)14(12)7-11/h5-9H,1-4H3. The van der Waals surface area contributed by atoms with E-state index >= 15 is 0 Å². The number of rotatable bonds is 2. The van der Waals surface area contributed by atoms with Gasteiger partial charge in [0.2, 0.25) is 0 Å². The van der Waals surface area contributed by atoms with Gasteiger partial charge in [-0.2, -0.15) is 0 Å². The van der Waals surface area contributed by atoms with E-state index in [1.807, 2.05) is 17.7 Å². The molecule has 0 bridgehead atoms. The highest BCUT2D eigenvalue weighted by Crippen LogP contribution is 2.24. The van der Waals surface area contributed by atoms with Crippen molar-refractivity contribution in [1.82, 2.24) is 4.57 Å². The summed E-state index contributed by atoms with van der Waals surface area (Å²) in [5, 5.41) is 1.14. The highest BCUT2D eigenvalue weighted by Gasteiger charge is 2.10. The molecule has 0 aliphatic carbocycles. The number of hydrogen-bond acceptors (Lipinski definition) is 1. The van der Waals surface area contributed by atoms with Crippen LogP contribution in [-0.4, -0.2) is 10.4 Å². The fourth-order valence-electron chi connectivity index (χ4n) is 2.04. The van der Waals surface area contributed by atoms with E-state index in [9.17, 15) is 4.79 Å². The lowest BCUT2D eigenvalue weighted by Gasteiger charge is -2.06. The minimum absolute atomic E-state index is 0.116. The van der Waals surface area contributed by atoms with Crippen molar-refractivity contribution in [2.45, 2.75) is 26.7 Å². The van der Waals surface area contributed by atoms with Crippen LogP contribution in [0, 0.1) is 0 Å². The van der Waals surface area contributed by atoms with Gasteiger partial charge in [-0.3, -0.25) is 4.79 Å². The Morgan fingerprint density at radius 3 is 2.50 bits per heavy atom. The Hall–Kier alpha value is -1.57. The third kappa shape index (κ3) is 1.64. The van der Waals surface area contributed by atoms with E-state index in [2.05, 4.69) is 32.0 Å². The van der Waals surface area contributed by atoms with Crippen LogP contribution in [0.1, 0.15) is 42.7 Å². The summed E-state index contributed by atoms with van der Waals surface area (Å²) in [4.78, 5) is 11.4. The second kappa shape index (κ2) is 3.78. The molecule has 2 rings (SSSR count). The molecule has 0 aliphatic heterocycles. The molecule has 0 saturated carbocycles. The van der Waals surface area contributed by atoms with Gasteiger partial charge in [0.1, 0.15) is 0 Å². The molecule has 2 aromatic rings. The first kappa shape index (κ1) is 10.9. The first-order valence-electron chi connectivity index (χ1n) is 5.61. The number of benzene rings is 1. The van der Waals surface area contributed by atoms with Gasteiger partial charge in [0.15, 0.2) is 5.78 Å². The molecule has 1 aromatic carbocycles. The van der Waals surface area contributed by atoms with Gasteiger partial charge >= 0.3 is 0 Å². The number of ketones is 1. The predicted octanol–water partition coefficient (Wildman–Crippen LogP) is 3.50. The van der Waals surface area contributed by atoms with Gasteiger partial charge in [-0.15, -0.1) is 0 Å². The van der Waals surface area contributed by atoms with Crippen LogP contribution >= 0.6 is 0 Å². The Bertz CT molecular complexity index is 549. The summed E-state index contributed by atoms with van der Waals surface area (Å²) in [7, 11) is 1.95. The summed E-state index contributed by atoms with van der Waals surface area (Å²) in [6.45, 7) is 5.96. The van der Waals surface area contributed by atoms with Crippen molar-refractivity contribution in [1.29, 1.82) is 0 Å². The molecule has 0 saturated heterocycles. The van der Waals surface area contributed by atoms with Crippen LogP contribution in [0.25, 0.3) is 10.9 Å². The van der Waals surface area contributed by atoms with Crippen LogP contribution in [0.3, 0.4) is 0 Å². The van der Waals surface area contributed by atoms with E-state index in [1.165, 1.54) is 5.56 Å². The highest BCUT2D eigenvalue weighted by molar-refractivity contribution is 5.98. The highest BCUT2D eigenvalue weighted by atomic mass is 16.1. The molecule has 0 aliphatic rings. The molecule has 0 fully saturated rings. The summed E-state index contributed by atoms with van der Waals surface area (Å²) in [6, 6.07) is 8.36. The zero-order chi connectivity index (χ0) is 11.9. The molecule has 1 heterocycles. The first-order chi connectivity index (χ1) is 7.50. The van der Waals surface area contributed by atoms with E-state index in [1.54, 1.807) is 6.92 Å². The normalized spacial score (nSPS) is 11.3. The van der Waals surface area contributed by atoms with Gasteiger partial charge in [0.05, 0.1) is 5.69 Å². The quantitative estimate of drug-likeness (QED) is 0.703. The molecule has 0 radical (unpaired) electrons. The number of carbonyl (C=O) groups is 1. The van der Waals surface area contributed by atoms with Gasteiger partial charge in [0.25, 0.3) is 0 Å². The lowest BCUT2D eigenvalue weighted by Crippen LogP contribution is -2.01. The zero-order valence-corrected chi connectivity index (χ0v) is 10.2. The Labute approximate surface area is 95.9 Å². The van der Waals surface area contributed by atoms with E-state index in [4.69, 9.17) is 0 Å². The van der Waals surface area contributed by atoms with Crippen LogP contribution in [0.4, 0.5) is 0 Å². The number of nitrogens with zero attached hydrogens (tertiary/aromatic N) is 1. The number of aryl methyl sites for hydroxylation is 1. The zero-order valence-electron chi connectivity index (χ0n) is 10.2. The summed E-state index contributed by atoms with van der Waals surface area (Å²) < 4.78 is 1.98. The number of carbonyl (C=O) groups excluding carboxylic acids is 1. The van der Waals surface area contributed by atoms with E-state index in [0.717, 1.165) is 16.6 Å². The fraction of sp³-hybridized carbons (Fsp3) is 0.357. The Kier molecular flexibility index (Phi) is 2.58. The molecule has 0 atom stereocenters. The maximum absolute atomic E-state index is 11.4. The van der Waals surface area contributed by atoms with Gasteiger partial charge < -0.3 is 4.57 Å². The lowest BCUT2D eigenvalue weighted by atomic mass is 10.0. The minimum atomic E-state index is 0.116. The molecule has 2 nitrogen and oxygen atoms in total. The molecular formula is C14H17NO. The first-order valence-corrected chi connectivity index (χ1v) is 5.61. The van der Waals surface area contributed by atoms with Gasteiger partial charge in [-0.05, 0) is 23.6 Å². The third-order valence-corrected chi connectivity index (χ3v) is 3.10. The molecule has 0 N–H and O–H groups in total. The van der Waals surface area contributed by atoms with Crippen molar-refractivity contribution in [3.63, 3.8) is 0 Å². The summed E-state index contributed by atoms with van der Waals surface area (Å²) in [6.07, 6.45) is 0. The van der Waals surface area contributed by atoms with Crippen LogP contribution < -0.4 is 0 Å². The van der Waals surface area contributed by atoms with Crippen LogP contribution in [-0.2, 0) is 7.05 Å². The van der Waals surface area contributed by atoms with Crippen LogP contribution in [0.2, 0.25) is 0 Å². The topological polar surface area (TPSA) is 22.0 Å². The van der Waals surface area contributed by atoms with Gasteiger partial charge in [-0.1, -0.05) is 26.0 Å². The molecule has 2 heteroatoms. The Balaban J connectivity index is 2.69. The minimum Gasteiger partial charge on any atom is -0.341 e. The second-order valence-electron chi connectivity index (χ2n) is 4.62. The van der Waals surface area contributed by atoms with Gasteiger partial charge in [0, 0.05) is 24.9 Å². The molecule has 16 heavy (non-hydrogen) atoms. The molecule has 0 spiro atoms. The Morgan fingerprint density at radius 2 is 1.94 bits per heavy atom. The largest absolute Gasteiger partial charge is 0.341 e. The monoisotopic (exact) mass is 215 g/mol. The maximum Gasteiger partial charge on any atom is 0.176 e. The van der Waals surface area contributed by atoms with Crippen molar-refractivity contribution in [3.05, 3.63) is 35.5 Å². The second-order valence-corrected chi connectivity index (χ2v) is 4.62. The number of hydrogen-bond donors (Lipinski definition) is 0. The predicted molar refractivity (Wildman–Crippen MR) is 67.0 cm³/mol. The number of aromatic nitrogens is 1. The third-order valence-electron chi connectivity index (χ3n) is 3.10. The average molecular weight is 215 g/mol.